The highest BCUT2D eigenvalue weighted by atomic mass is 16.5. The van der Waals surface area contributed by atoms with Gasteiger partial charge in [0.1, 0.15) is 6.61 Å². The zero-order valence-corrected chi connectivity index (χ0v) is 20.2. The molecule has 2 aliphatic carbocycles. The van der Waals surface area contributed by atoms with E-state index in [1.807, 2.05) is 47.4 Å². The normalized spacial score (nSPS) is 19.5. The Kier molecular flexibility index (Phi) is 8.40. The molecule has 0 spiro atoms. The van der Waals surface area contributed by atoms with Crippen molar-refractivity contribution in [3.8, 4) is 0 Å². The Hall–Kier alpha value is -3.35. The van der Waals surface area contributed by atoms with Crippen LogP contribution in [-0.2, 0) is 22.7 Å². The first-order valence-corrected chi connectivity index (χ1v) is 12.6. The van der Waals surface area contributed by atoms with E-state index in [2.05, 4.69) is 5.32 Å². The smallest absolute Gasteiger partial charge is 0.407 e. The van der Waals surface area contributed by atoms with Crippen LogP contribution in [0.5, 0.6) is 0 Å². The van der Waals surface area contributed by atoms with Crippen molar-refractivity contribution in [2.24, 2.45) is 23.5 Å². The molecule has 186 valence electrons. The van der Waals surface area contributed by atoms with Crippen molar-refractivity contribution < 1.29 is 19.1 Å². The summed E-state index contributed by atoms with van der Waals surface area (Å²) in [4.78, 5) is 39.6. The van der Waals surface area contributed by atoms with Gasteiger partial charge in [0.15, 0.2) is 0 Å². The molecule has 0 saturated heterocycles. The van der Waals surface area contributed by atoms with E-state index in [0.29, 0.717) is 24.6 Å². The number of primary amides is 1. The van der Waals surface area contributed by atoms with Crippen LogP contribution in [0.15, 0.2) is 54.6 Å². The van der Waals surface area contributed by atoms with Crippen LogP contribution in [-0.4, -0.2) is 35.9 Å². The van der Waals surface area contributed by atoms with Gasteiger partial charge < -0.3 is 20.7 Å². The number of carbonyl (C=O) groups excluding carboxylic acids is 3. The molecule has 2 fully saturated rings. The highest BCUT2D eigenvalue weighted by molar-refractivity contribution is 5.92. The van der Waals surface area contributed by atoms with Crippen LogP contribution in [0, 0.1) is 17.8 Å². The summed E-state index contributed by atoms with van der Waals surface area (Å²) in [6.45, 7) is 1.85. The van der Waals surface area contributed by atoms with E-state index >= 15 is 0 Å². The largest absolute Gasteiger partial charge is 0.445 e. The highest BCUT2D eigenvalue weighted by Crippen LogP contribution is 2.35. The van der Waals surface area contributed by atoms with Crippen LogP contribution < -0.4 is 11.1 Å². The standard InChI is InChI=1S/C28H35N3O4/c29-26(32)23-11-6-9-22(15-23)18-31(17-20-13-14-20)27(33)25-12-5-4-10-24(25)16-30-28(34)35-19-21-7-2-1-3-8-21/h1-3,6-9,11,15,20,24-25H,4-5,10,12-14,16-19H2,(H2,29,32)(H,30,34)/t24-,25-/m1/s1. The molecule has 35 heavy (non-hydrogen) atoms. The van der Waals surface area contributed by atoms with Crippen LogP contribution in [0.4, 0.5) is 4.79 Å². The number of nitrogens with one attached hydrogen (secondary N) is 1. The summed E-state index contributed by atoms with van der Waals surface area (Å²) in [6.07, 6.45) is 5.64. The Labute approximate surface area is 207 Å². The molecule has 3 amide bonds. The second-order valence-corrected chi connectivity index (χ2v) is 9.82. The van der Waals surface area contributed by atoms with Gasteiger partial charge in [-0.2, -0.15) is 0 Å². The molecule has 2 saturated carbocycles. The average molecular weight is 478 g/mol. The Balaban J connectivity index is 1.37. The van der Waals surface area contributed by atoms with E-state index in [9.17, 15) is 14.4 Å². The van der Waals surface area contributed by atoms with Crippen LogP contribution in [0.3, 0.4) is 0 Å². The minimum Gasteiger partial charge on any atom is -0.445 e. The van der Waals surface area contributed by atoms with E-state index in [1.54, 1.807) is 12.1 Å². The Bertz CT molecular complexity index is 1020. The van der Waals surface area contributed by atoms with Gasteiger partial charge in [0.2, 0.25) is 11.8 Å². The monoisotopic (exact) mass is 477 g/mol. The molecule has 0 radical (unpaired) electrons. The number of amides is 3. The van der Waals surface area contributed by atoms with E-state index in [4.69, 9.17) is 10.5 Å². The summed E-state index contributed by atoms with van der Waals surface area (Å²) in [6, 6.07) is 16.8. The lowest BCUT2D eigenvalue weighted by Crippen LogP contribution is -2.44. The predicted molar refractivity (Wildman–Crippen MR) is 133 cm³/mol. The number of alkyl carbamates (subject to hydrolysis) is 1. The first-order valence-electron chi connectivity index (χ1n) is 12.6. The Morgan fingerprint density at radius 1 is 0.943 bits per heavy atom. The number of nitrogens with zero attached hydrogens (tertiary/aromatic N) is 1. The SMILES string of the molecule is NC(=O)c1cccc(CN(CC2CC2)C(=O)[C@@H]2CCCC[C@@H]2CNC(=O)OCc2ccccc2)c1. The molecule has 3 N–H and O–H groups in total. The molecule has 7 heteroatoms. The first-order chi connectivity index (χ1) is 17.0. The topological polar surface area (TPSA) is 102 Å². The van der Waals surface area contributed by atoms with Gasteiger partial charge in [0.05, 0.1) is 0 Å². The summed E-state index contributed by atoms with van der Waals surface area (Å²) in [5, 5.41) is 2.89. The molecule has 2 aromatic rings. The summed E-state index contributed by atoms with van der Waals surface area (Å²) in [5.74, 6) is 0.178. The van der Waals surface area contributed by atoms with Crippen LogP contribution in [0.2, 0.25) is 0 Å². The van der Waals surface area contributed by atoms with Gasteiger partial charge in [-0.25, -0.2) is 4.79 Å². The number of hydrogen-bond donors (Lipinski definition) is 2. The third kappa shape index (κ3) is 7.31. The van der Waals surface area contributed by atoms with Crippen molar-refractivity contribution in [3.63, 3.8) is 0 Å². The molecule has 4 rings (SSSR count). The first kappa shape index (κ1) is 24.8. The summed E-state index contributed by atoms with van der Waals surface area (Å²) >= 11 is 0. The van der Waals surface area contributed by atoms with Gasteiger partial charge in [-0.15, -0.1) is 0 Å². The molecular weight excluding hydrogens is 442 g/mol. The molecule has 0 unspecified atom stereocenters. The molecular formula is C28H35N3O4. The summed E-state index contributed by atoms with van der Waals surface area (Å²) in [5.41, 5.74) is 7.74. The quantitative estimate of drug-likeness (QED) is 0.534. The molecule has 2 atom stereocenters. The zero-order valence-electron chi connectivity index (χ0n) is 20.2. The van der Waals surface area contributed by atoms with Crippen molar-refractivity contribution in [1.29, 1.82) is 0 Å². The van der Waals surface area contributed by atoms with Gasteiger partial charge in [-0.3, -0.25) is 9.59 Å². The van der Waals surface area contributed by atoms with E-state index < -0.39 is 12.0 Å². The van der Waals surface area contributed by atoms with Crippen molar-refractivity contribution in [2.75, 3.05) is 13.1 Å². The van der Waals surface area contributed by atoms with E-state index in [-0.39, 0.29) is 24.3 Å². The maximum atomic E-state index is 13.7. The van der Waals surface area contributed by atoms with Crippen molar-refractivity contribution in [1.82, 2.24) is 10.2 Å². The maximum Gasteiger partial charge on any atom is 0.407 e. The highest BCUT2D eigenvalue weighted by Gasteiger charge is 2.36. The molecule has 0 heterocycles. The second-order valence-electron chi connectivity index (χ2n) is 9.82. The lowest BCUT2D eigenvalue weighted by Gasteiger charge is -2.35. The van der Waals surface area contributed by atoms with Crippen LogP contribution in [0.25, 0.3) is 0 Å². The third-order valence-corrected chi connectivity index (χ3v) is 7.02. The number of hydrogen-bond acceptors (Lipinski definition) is 4. The zero-order chi connectivity index (χ0) is 24.6. The van der Waals surface area contributed by atoms with Gasteiger partial charge in [-0.05, 0) is 60.8 Å². The average Bonchev–Trinajstić information content (AvgIpc) is 3.70. The fraction of sp³-hybridized carbons (Fsp3) is 0.464. The Morgan fingerprint density at radius 3 is 2.43 bits per heavy atom. The van der Waals surface area contributed by atoms with Crippen LogP contribution >= 0.6 is 0 Å². The van der Waals surface area contributed by atoms with Crippen LogP contribution in [0.1, 0.15) is 60.0 Å². The van der Waals surface area contributed by atoms with E-state index in [1.165, 1.54) is 0 Å². The molecule has 0 aliphatic heterocycles. The number of carbonyl (C=O) groups is 3. The molecule has 7 nitrogen and oxygen atoms in total. The predicted octanol–water partition coefficient (Wildman–Crippen LogP) is 4.26. The van der Waals surface area contributed by atoms with Crippen molar-refractivity contribution >= 4 is 17.9 Å². The number of benzene rings is 2. The molecule has 0 aromatic heterocycles. The maximum absolute atomic E-state index is 13.7. The lowest BCUT2D eigenvalue weighted by atomic mass is 9.78. The molecule has 2 aromatic carbocycles. The summed E-state index contributed by atoms with van der Waals surface area (Å²) < 4.78 is 5.35. The van der Waals surface area contributed by atoms with Gasteiger partial charge in [0, 0.05) is 31.1 Å². The number of ether oxygens (including phenoxy) is 1. The lowest BCUT2D eigenvalue weighted by molar-refractivity contribution is -0.139. The van der Waals surface area contributed by atoms with Crippen molar-refractivity contribution in [2.45, 2.75) is 51.7 Å². The molecule has 0 bridgehead atoms. The van der Waals surface area contributed by atoms with E-state index in [0.717, 1.165) is 56.2 Å². The number of rotatable bonds is 10. The minimum absolute atomic E-state index is 0.0826. The minimum atomic E-state index is -0.468. The number of nitrogens with two attached hydrogens (primary N) is 1. The van der Waals surface area contributed by atoms with Gasteiger partial charge in [-0.1, -0.05) is 55.3 Å². The molecule has 2 aliphatic rings. The second kappa shape index (κ2) is 11.9. The van der Waals surface area contributed by atoms with Gasteiger partial charge >= 0.3 is 6.09 Å². The Morgan fingerprint density at radius 2 is 1.69 bits per heavy atom. The fourth-order valence-corrected chi connectivity index (χ4v) is 4.89. The summed E-state index contributed by atoms with van der Waals surface area (Å²) in [7, 11) is 0. The van der Waals surface area contributed by atoms with Gasteiger partial charge in [0.25, 0.3) is 0 Å². The fourth-order valence-electron chi connectivity index (χ4n) is 4.89. The van der Waals surface area contributed by atoms with Crippen molar-refractivity contribution in [3.05, 3.63) is 71.3 Å². The third-order valence-electron chi connectivity index (χ3n) is 7.02.